The van der Waals surface area contributed by atoms with E-state index in [1.807, 2.05) is 61.5 Å². The summed E-state index contributed by atoms with van der Waals surface area (Å²) in [6.45, 7) is 1.92. The number of carbonyl (C=O) groups is 1. The topological polar surface area (TPSA) is 80.9 Å². The zero-order chi connectivity index (χ0) is 19.8. The lowest BCUT2D eigenvalue weighted by Gasteiger charge is -2.14. The monoisotopic (exact) mass is 384 g/mol. The van der Waals surface area contributed by atoms with Crippen molar-refractivity contribution in [3.05, 3.63) is 77.7 Å². The van der Waals surface area contributed by atoms with E-state index < -0.39 is 0 Å². The van der Waals surface area contributed by atoms with Crippen LogP contribution in [0.4, 0.5) is 0 Å². The molecule has 6 heteroatoms. The van der Waals surface area contributed by atoms with E-state index in [-0.39, 0.29) is 11.9 Å². The lowest BCUT2D eigenvalue weighted by Crippen LogP contribution is -2.27. The minimum Gasteiger partial charge on any atom is -0.344 e. The minimum atomic E-state index is -0.226. The molecule has 6 nitrogen and oxygen atoms in total. The van der Waals surface area contributed by atoms with Gasteiger partial charge in [0.1, 0.15) is 5.69 Å². The van der Waals surface area contributed by atoms with Gasteiger partial charge in [0.15, 0.2) is 0 Å². The molecule has 1 atom stereocenters. The third-order valence-electron chi connectivity index (χ3n) is 5.23. The number of aromatic nitrogens is 3. The average molecular weight is 384 g/mol. The molecule has 0 aliphatic heterocycles. The Morgan fingerprint density at radius 3 is 2.66 bits per heavy atom. The number of pyridine rings is 2. The number of hydrogen-bond donors (Lipinski definition) is 1. The highest BCUT2D eigenvalue weighted by molar-refractivity contribution is 6.09. The number of amides is 1. The predicted octanol–water partition coefficient (Wildman–Crippen LogP) is 4.65. The minimum absolute atomic E-state index is 0.183. The van der Waals surface area contributed by atoms with Crippen LogP contribution < -0.4 is 5.32 Å². The molecule has 3 aromatic heterocycles. The molecule has 1 N–H and O–H groups in total. The molecule has 0 radical (unpaired) electrons. The van der Waals surface area contributed by atoms with Gasteiger partial charge in [0.2, 0.25) is 0 Å². The lowest BCUT2D eigenvalue weighted by molar-refractivity contribution is 0.0940. The van der Waals surface area contributed by atoms with Crippen molar-refractivity contribution >= 4 is 17.0 Å². The van der Waals surface area contributed by atoms with Crippen LogP contribution in [-0.2, 0) is 0 Å². The molecule has 4 aromatic rings. The molecule has 1 fully saturated rings. The molecule has 144 valence electrons. The Hall–Kier alpha value is -3.54. The fourth-order valence-electron chi connectivity index (χ4n) is 3.51. The summed E-state index contributed by atoms with van der Waals surface area (Å²) in [6.07, 6.45) is 3.90. The first kappa shape index (κ1) is 17.6. The normalized spacial score (nSPS) is 14.7. The fourth-order valence-corrected chi connectivity index (χ4v) is 3.51. The summed E-state index contributed by atoms with van der Waals surface area (Å²) in [4.78, 5) is 22.3. The predicted molar refractivity (Wildman–Crippen MR) is 109 cm³/mol. The molecule has 1 unspecified atom stereocenters. The van der Waals surface area contributed by atoms with Gasteiger partial charge in [-0.1, -0.05) is 41.6 Å². The van der Waals surface area contributed by atoms with Crippen molar-refractivity contribution < 1.29 is 9.32 Å². The Labute approximate surface area is 168 Å². The molecule has 29 heavy (non-hydrogen) atoms. The molecule has 1 aromatic carbocycles. The molecule has 1 aliphatic carbocycles. The van der Waals surface area contributed by atoms with E-state index in [4.69, 9.17) is 4.52 Å². The van der Waals surface area contributed by atoms with E-state index in [2.05, 4.69) is 20.4 Å². The van der Waals surface area contributed by atoms with Gasteiger partial charge in [-0.05, 0) is 38.0 Å². The molecule has 3 heterocycles. The van der Waals surface area contributed by atoms with Crippen LogP contribution in [0.2, 0.25) is 0 Å². The van der Waals surface area contributed by atoms with Crippen LogP contribution in [0.3, 0.4) is 0 Å². The van der Waals surface area contributed by atoms with Crippen LogP contribution in [0.1, 0.15) is 53.5 Å². The zero-order valence-corrected chi connectivity index (χ0v) is 16.0. The number of fused-ring (bicyclic) bond motifs is 1. The second-order valence-corrected chi connectivity index (χ2v) is 7.40. The van der Waals surface area contributed by atoms with Gasteiger partial charge in [-0.25, -0.2) is 4.98 Å². The summed E-state index contributed by atoms with van der Waals surface area (Å²) < 4.78 is 5.55. The molecule has 0 bridgehead atoms. The molecule has 0 spiro atoms. The number of rotatable bonds is 5. The maximum Gasteiger partial charge on any atom is 0.259 e. The van der Waals surface area contributed by atoms with Crippen molar-refractivity contribution in [1.29, 1.82) is 0 Å². The van der Waals surface area contributed by atoms with Crippen molar-refractivity contribution in [3.63, 3.8) is 0 Å². The van der Waals surface area contributed by atoms with Gasteiger partial charge < -0.3 is 9.84 Å². The van der Waals surface area contributed by atoms with Gasteiger partial charge >= 0.3 is 0 Å². The maximum atomic E-state index is 13.3. The summed E-state index contributed by atoms with van der Waals surface area (Å²) in [5, 5.41) is 7.94. The third-order valence-corrected chi connectivity index (χ3v) is 5.23. The fraction of sp³-hybridized carbons (Fsp3) is 0.217. The van der Waals surface area contributed by atoms with Crippen LogP contribution in [0.25, 0.3) is 22.4 Å². The number of benzene rings is 1. The Morgan fingerprint density at radius 2 is 1.93 bits per heavy atom. The highest BCUT2D eigenvalue weighted by Gasteiger charge is 2.29. The van der Waals surface area contributed by atoms with E-state index in [1.165, 1.54) is 0 Å². The molecule has 1 saturated carbocycles. The summed E-state index contributed by atoms with van der Waals surface area (Å²) in [5.41, 5.74) is 4.17. The zero-order valence-electron chi connectivity index (χ0n) is 16.0. The van der Waals surface area contributed by atoms with Crippen LogP contribution >= 0.6 is 0 Å². The number of nitrogens with one attached hydrogen (secondary N) is 1. The largest absolute Gasteiger partial charge is 0.344 e. The second kappa shape index (κ2) is 7.13. The van der Waals surface area contributed by atoms with Gasteiger partial charge in [0.05, 0.1) is 22.7 Å². The van der Waals surface area contributed by atoms with E-state index >= 15 is 0 Å². The second-order valence-electron chi connectivity index (χ2n) is 7.40. The van der Waals surface area contributed by atoms with Crippen LogP contribution in [0.5, 0.6) is 0 Å². The molecular formula is C23H20N4O2. The summed E-state index contributed by atoms with van der Waals surface area (Å²) >= 11 is 0. The molecule has 5 rings (SSSR count). The summed E-state index contributed by atoms with van der Waals surface area (Å²) in [5.74, 6) is 0.210. The van der Waals surface area contributed by atoms with Gasteiger partial charge in [-0.15, -0.1) is 0 Å². The highest BCUT2D eigenvalue weighted by atomic mass is 16.5. The van der Waals surface area contributed by atoms with Gasteiger partial charge in [0.25, 0.3) is 11.6 Å². The van der Waals surface area contributed by atoms with Gasteiger partial charge in [-0.3, -0.25) is 9.78 Å². The molecule has 0 saturated heterocycles. The number of hydrogen-bond acceptors (Lipinski definition) is 5. The third kappa shape index (κ3) is 3.38. The van der Waals surface area contributed by atoms with E-state index in [9.17, 15) is 4.79 Å². The van der Waals surface area contributed by atoms with Crippen molar-refractivity contribution in [2.45, 2.75) is 31.7 Å². The van der Waals surface area contributed by atoms with E-state index in [1.54, 1.807) is 6.20 Å². The Kier molecular flexibility index (Phi) is 4.31. The summed E-state index contributed by atoms with van der Waals surface area (Å²) in [6, 6.07) is 17.0. The number of carbonyl (C=O) groups excluding carboxylic acids is 1. The van der Waals surface area contributed by atoms with Crippen LogP contribution in [-0.4, -0.2) is 21.0 Å². The molecular weight excluding hydrogens is 364 g/mol. The van der Waals surface area contributed by atoms with Gasteiger partial charge in [-0.2, -0.15) is 0 Å². The standard InChI is InChI=1S/C23H20N4O2/c1-14(18-9-5-6-12-24-18)25-22(28)17-13-19(15-10-11-15)26-23-20(17)21(27-29-23)16-7-3-2-4-8-16/h2-9,12-15H,10-11H2,1H3,(H,25,28). The average Bonchev–Trinajstić information content (AvgIpc) is 3.53. The molecule has 1 aliphatic rings. The first-order valence-corrected chi connectivity index (χ1v) is 9.78. The van der Waals surface area contributed by atoms with E-state index in [0.717, 1.165) is 29.8 Å². The SMILES string of the molecule is CC(NC(=O)c1cc(C2CC2)nc2onc(-c3ccccc3)c12)c1ccccn1. The Morgan fingerprint density at radius 1 is 1.14 bits per heavy atom. The van der Waals surface area contributed by atoms with Crippen molar-refractivity contribution in [1.82, 2.24) is 20.4 Å². The van der Waals surface area contributed by atoms with Gasteiger partial charge in [0, 0.05) is 23.4 Å². The number of nitrogens with zero attached hydrogens (tertiary/aromatic N) is 3. The van der Waals surface area contributed by atoms with Crippen molar-refractivity contribution in [3.8, 4) is 11.3 Å². The highest BCUT2D eigenvalue weighted by Crippen LogP contribution is 2.41. The van der Waals surface area contributed by atoms with E-state index in [0.29, 0.717) is 28.3 Å². The first-order valence-electron chi connectivity index (χ1n) is 9.78. The maximum absolute atomic E-state index is 13.3. The van der Waals surface area contributed by atoms with Crippen molar-refractivity contribution in [2.24, 2.45) is 0 Å². The Balaban J connectivity index is 1.59. The summed E-state index contributed by atoms with van der Waals surface area (Å²) in [7, 11) is 0. The Bertz CT molecular complexity index is 1170. The van der Waals surface area contributed by atoms with Crippen LogP contribution in [0, 0.1) is 0 Å². The lowest BCUT2D eigenvalue weighted by atomic mass is 10.0. The van der Waals surface area contributed by atoms with Crippen LogP contribution in [0.15, 0.2) is 65.3 Å². The molecule has 1 amide bonds. The quantitative estimate of drug-likeness (QED) is 0.541. The smallest absolute Gasteiger partial charge is 0.259 e. The van der Waals surface area contributed by atoms with Crippen molar-refractivity contribution in [2.75, 3.05) is 0 Å². The first-order chi connectivity index (χ1) is 14.2.